The molecule has 9 aromatic rings. The fourth-order valence-corrected chi connectivity index (χ4v) is 7.70. The summed E-state index contributed by atoms with van der Waals surface area (Å²) in [6.45, 7) is 4.38. The van der Waals surface area contributed by atoms with Crippen LogP contribution in [0.1, 0.15) is 11.1 Å². The van der Waals surface area contributed by atoms with Crippen LogP contribution < -0.4 is 9.80 Å². The van der Waals surface area contributed by atoms with Crippen molar-refractivity contribution in [3.05, 3.63) is 193 Å². The molecule has 0 amide bonds. The minimum atomic E-state index is 1.11. The molecule has 0 aliphatic rings. The predicted molar refractivity (Wildman–Crippen MR) is 214 cm³/mol. The van der Waals surface area contributed by atoms with Gasteiger partial charge in [0.1, 0.15) is 0 Å². The van der Waals surface area contributed by atoms with E-state index in [-0.39, 0.29) is 0 Å². The summed E-state index contributed by atoms with van der Waals surface area (Å²) in [5, 5.41) is 7.49. The van der Waals surface area contributed by atoms with Crippen LogP contribution in [0, 0.1) is 13.8 Å². The third kappa shape index (κ3) is 5.05. The summed E-state index contributed by atoms with van der Waals surface area (Å²) in [6, 6.07) is 66.2. The highest BCUT2D eigenvalue weighted by atomic mass is 15.2. The van der Waals surface area contributed by atoms with Crippen molar-refractivity contribution in [1.29, 1.82) is 0 Å². The van der Waals surface area contributed by atoms with Gasteiger partial charge < -0.3 is 9.80 Å². The molecule has 0 aliphatic carbocycles. The van der Waals surface area contributed by atoms with E-state index in [2.05, 4.69) is 206 Å². The Balaban J connectivity index is 1.41. The van der Waals surface area contributed by atoms with Gasteiger partial charge in [-0.15, -0.1) is 0 Å². The molecule has 0 fully saturated rings. The van der Waals surface area contributed by atoms with Crippen LogP contribution in [0.2, 0.25) is 0 Å². The zero-order valence-corrected chi connectivity index (χ0v) is 28.2. The third-order valence-electron chi connectivity index (χ3n) is 9.90. The van der Waals surface area contributed by atoms with E-state index in [1.807, 2.05) is 0 Å². The van der Waals surface area contributed by atoms with Crippen molar-refractivity contribution < 1.29 is 0 Å². The van der Waals surface area contributed by atoms with Crippen LogP contribution in [0.5, 0.6) is 0 Å². The lowest BCUT2D eigenvalue weighted by Gasteiger charge is -2.32. The van der Waals surface area contributed by atoms with Gasteiger partial charge in [0.2, 0.25) is 0 Å². The van der Waals surface area contributed by atoms with E-state index in [1.54, 1.807) is 0 Å². The molecule has 9 rings (SSSR count). The van der Waals surface area contributed by atoms with E-state index in [4.69, 9.17) is 0 Å². The van der Waals surface area contributed by atoms with Crippen LogP contribution >= 0.6 is 0 Å². The van der Waals surface area contributed by atoms with Crippen LogP contribution in [0.25, 0.3) is 43.4 Å². The first-order valence-corrected chi connectivity index (χ1v) is 17.3. The van der Waals surface area contributed by atoms with E-state index in [1.165, 1.54) is 54.6 Å². The van der Waals surface area contributed by atoms with Crippen LogP contribution in [0.15, 0.2) is 182 Å². The minimum Gasteiger partial charge on any atom is -0.310 e. The third-order valence-corrected chi connectivity index (χ3v) is 9.90. The quantitative estimate of drug-likeness (QED) is 0.160. The second kappa shape index (κ2) is 12.3. The molecule has 2 nitrogen and oxygen atoms in total. The fraction of sp³-hybridized carbons (Fsp3) is 0.0417. The number of hydrogen-bond acceptors (Lipinski definition) is 2. The maximum absolute atomic E-state index is 2.41. The zero-order chi connectivity index (χ0) is 33.6. The number of rotatable bonds is 7. The standard InChI is InChI=1S/C48H36N2/c1-33-23-26-42(34(2)29-33)37-30-35-24-27-43-45(49(38-15-7-3-8-16-38)39-17-9-4-10-18-39)32-46(44-28-25-36(31-37)47(35)48(43)44)50(40-19-11-5-12-20-40)41-21-13-6-14-22-41/h3-32H,1-2H3. The number of hydrogen-bond donors (Lipinski definition) is 0. The molecule has 0 aliphatic heterocycles. The van der Waals surface area contributed by atoms with Crippen LogP contribution in [0.4, 0.5) is 34.1 Å². The maximum Gasteiger partial charge on any atom is 0.0561 e. The predicted octanol–water partition coefficient (Wildman–Crippen LogP) is 13.8. The number of anilines is 6. The number of nitrogens with zero attached hydrogens (tertiary/aromatic N) is 2. The molecule has 0 heterocycles. The molecule has 0 radical (unpaired) electrons. The first-order chi connectivity index (χ1) is 24.6. The molecule has 2 heteroatoms. The molecule has 50 heavy (non-hydrogen) atoms. The van der Waals surface area contributed by atoms with E-state index < -0.39 is 0 Å². The highest BCUT2D eigenvalue weighted by Crippen LogP contribution is 2.50. The summed E-state index contributed by atoms with van der Waals surface area (Å²) in [6.07, 6.45) is 0. The van der Waals surface area contributed by atoms with Gasteiger partial charge in [0.25, 0.3) is 0 Å². The Morgan fingerprint density at radius 3 is 1.18 bits per heavy atom. The van der Waals surface area contributed by atoms with Crippen LogP contribution in [-0.2, 0) is 0 Å². The molecule has 0 unspecified atom stereocenters. The Morgan fingerprint density at radius 1 is 0.360 bits per heavy atom. The van der Waals surface area contributed by atoms with Crippen LogP contribution in [0.3, 0.4) is 0 Å². The van der Waals surface area contributed by atoms with Gasteiger partial charge in [-0.3, -0.25) is 0 Å². The number of benzene rings is 9. The van der Waals surface area contributed by atoms with E-state index in [0.29, 0.717) is 0 Å². The lowest BCUT2D eigenvalue weighted by atomic mass is 9.88. The molecule has 0 atom stereocenters. The van der Waals surface area contributed by atoms with Gasteiger partial charge in [-0.1, -0.05) is 121 Å². The normalized spacial score (nSPS) is 11.4. The highest BCUT2D eigenvalue weighted by molar-refractivity contribution is 6.29. The van der Waals surface area contributed by atoms with Crippen molar-refractivity contribution in [2.45, 2.75) is 13.8 Å². The number of para-hydroxylation sites is 4. The van der Waals surface area contributed by atoms with Gasteiger partial charge in [0.05, 0.1) is 11.4 Å². The smallest absolute Gasteiger partial charge is 0.0561 e. The fourth-order valence-electron chi connectivity index (χ4n) is 7.70. The Labute approximate surface area is 293 Å². The van der Waals surface area contributed by atoms with E-state index in [9.17, 15) is 0 Å². The average Bonchev–Trinajstić information content (AvgIpc) is 3.16. The van der Waals surface area contributed by atoms with Gasteiger partial charge in [-0.05, 0) is 113 Å². The highest BCUT2D eigenvalue weighted by Gasteiger charge is 2.24. The number of aryl methyl sites for hydroxylation is 2. The molecular weight excluding hydrogens is 605 g/mol. The van der Waals surface area contributed by atoms with Crippen LogP contribution in [-0.4, -0.2) is 0 Å². The summed E-state index contributed by atoms with van der Waals surface area (Å²) in [4.78, 5) is 4.81. The van der Waals surface area contributed by atoms with Crippen molar-refractivity contribution in [1.82, 2.24) is 0 Å². The van der Waals surface area contributed by atoms with E-state index >= 15 is 0 Å². The molecule has 0 saturated heterocycles. The van der Waals surface area contributed by atoms with Gasteiger partial charge in [-0.25, -0.2) is 0 Å². The van der Waals surface area contributed by atoms with Crippen molar-refractivity contribution >= 4 is 66.4 Å². The van der Waals surface area contributed by atoms with Gasteiger partial charge >= 0.3 is 0 Å². The zero-order valence-electron chi connectivity index (χ0n) is 28.2. The molecule has 0 N–H and O–H groups in total. The molecule has 0 spiro atoms. The Kier molecular flexibility index (Phi) is 7.29. The summed E-state index contributed by atoms with van der Waals surface area (Å²) in [5.74, 6) is 0. The minimum absolute atomic E-state index is 1.11. The molecule has 0 aromatic heterocycles. The molecule has 238 valence electrons. The second-order valence-electron chi connectivity index (χ2n) is 13.1. The molecule has 0 saturated carbocycles. The summed E-state index contributed by atoms with van der Waals surface area (Å²) in [7, 11) is 0. The molecular formula is C48H36N2. The summed E-state index contributed by atoms with van der Waals surface area (Å²) < 4.78 is 0. The average molecular weight is 641 g/mol. The molecule has 9 aromatic carbocycles. The Hall–Kier alpha value is -6.38. The lowest BCUT2D eigenvalue weighted by molar-refractivity contribution is 1.27. The van der Waals surface area contributed by atoms with Crippen molar-refractivity contribution in [2.75, 3.05) is 9.80 Å². The first kappa shape index (κ1) is 29.7. The Morgan fingerprint density at radius 2 is 0.780 bits per heavy atom. The van der Waals surface area contributed by atoms with Crippen molar-refractivity contribution in [3.8, 4) is 11.1 Å². The molecule has 0 bridgehead atoms. The SMILES string of the molecule is Cc1ccc(-c2cc3ccc4c(N(c5ccccc5)c5ccccc5)cc(N(c5ccccc5)c5ccccc5)c5ccc(c2)c3c45)c(C)c1. The summed E-state index contributed by atoms with van der Waals surface area (Å²) in [5.41, 5.74) is 11.8. The summed E-state index contributed by atoms with van der Waals surface area (Å²) >= 11 is 0. The van der Waals surface area contributed by atoms with Gasteiger partial charge in [0.15, 0.2) is 0 Å². The van der Waals surface area contributed by atoms with Crippen molar-refractivity contribution in [2.24, 2.45) is 0 Å². The second-order valence-corrected chi connectivity index (χ2v) is 13.1. The lowest BCUT2D eigenvalue weighted by Crippen LogP contribution is -2.14. The first-order valence-electron chi connectivity index (χ1n) is 17.3. The van der Waals surface area contributed by atoms with Gasteiger partial charge in [0, 0.05) is 38.9 Å². The largest absolute Gasteiger partial charge is 0.310 e. The Bertz CT molecular complexity index is 2370. The van der Waals surface area contributed by atoms with Crippen molar-refractivity contribution in [3.63, 3.8) is 0 Å². The van der Waals surface area contributed by atoms with E-state index in [0.717, 1.165) is 34.1 Å². The maximum atomic E-state index is 2.41. The topological polar surface area (TPSA) is 6.48 Å². The van der Waals surface area contributed by atoms with Gasteiger partial charge in [-0.2, -0.15) is 0 Å². The monoisotopic (exact) mass is 640 g/mol.